The second-order valence-corrected chi connectivity index (χ2v) is 6.02. The monoisotopic (exact) mass is 244 g/mol. The van der Waals surface area contributed by atoms with Crippen molar-refractivity contribution in [3.63, 3.8) is 0 Å². The van der Waals surface area contributed by atoms with Gasteiger partial charge in [0.1, 0.15) is 0 Å². The van der Waals surface area contributed by atoms with Crippen LogP contribution in [0.4, 0.5) is 0 Å². The number of nitrogens with zero attached hydrogens (tertiary/aromatic N) is 1. The molecule has 2 saturated heterocycles. The Bertz CT molecular complexity index is 212. The van der Waals surface area contributed by atoms with Crippen molar-refractivity contribution in [2.24, 2.45) is 11.3 Å². The lowest BCUT2D eigenvalue weighted by Gasteiger charge is -2.41. The Morgan fingerprint density at radius 2 is 1.88 bits per heavy atom. The van der Waals surface area contributed by atoms with Crippen LogP contribution >= 0.6 is 12.4 Å². The third kappa shape index (κ3) is 2.55. The highest BCUT2D eigenvalue weighted by molar-refractivity contribution is 5.85. The fourth-order valence-electron chi connectivity index (χ4n) is 3.47. The molecule has 2 nitrogen and oxygen atoms in total. The number of likely N-dealkylation sites (tertiary alicyclic amines) is 1. The molecule has 0 aromatic heterocycles. The first-order chi connectivity index (χ1) is 7.36. The minimum absolute atomic E-state index is 0. The molecule has 0 bridgehead atoms. The number of rotatable bonds is 2. The SMILES string of the molecule is C1CC(CN2CCC3(CCNC3)CC2)C1.Cl. The van der Waals surface area contributed by atoms with Crippen LogP contribution in [0.15, 0.2) is 0 Å². The van der Waals surface area contributed by atoms with E-state index in [1.54, 1.807) is 0 Å². The number of hydrogen-bond donors (Lipinski definition) is 1. The van der Waals surface area contributed by atoms with Gasteiger partial charge in [0.15, 0.2) is 0 Å². The van der Waals surface area contributed by atoms with Gasteiger partial charge < -0.3 is 10.2 Å². The molecule has 0 amide bonds. The van der Waals surface area contributed by atoms with Gasteiger partial charge in [0.2, 0.25) is 0 Å². The molecule has 0 atom stereocenters. The second kappa shape index (κ2) is 5.24. The molecule has 3 rings (SSSR count). The van der Waals surface area contributed by atoms with Crippen molar-refractivity contribution in [1.29, 1.82) is 0 Å². The summed E-state index contributed by atoms with van der Waals surface area (Å²) in [6.07, 6.45) is 8.84. The molecule has 0 radical (unpaired) electrons. The smallest absolute Gasteiger partial charge is 0.000966 e. The highest BCUT2D eigenvalue weighted by Crippen LogP contribution is 2.38. The summed E-state index contributed by atoms with van der Waals surface area (Å²) in [4.78, 5) is 2.73. The van der Waals surface area contributed by atoms with Crippen LogP contribution in [0.3, 0.4) is 0 Å². The Morgan fingerprint density at radius 3 is 2.38 bits per heavy atom. The molecule has 1 saturated carbocycles. The third-order valence-electron chi connectivity index (χ3n) is 4.99. The summed E-state index contributed by atoms with van der Waals surface area (Å²) in [5.41, 5.74) is 0.704. The van der Waals surface area contributed by atoms with Gasteiger partial charge in [-0.2, -0.15) is 0 Å². The maximum Gasteiger partial charge on any atom is 0.000966 e. The van der Waals surface area contributed by atoms with Gasteiger partial charge in [0, 0.05) is 13.1 Å². The fourth-order valence-corrected chi connectivity index (χ4v) is 3.47. The minimum Gasteiger partial charge on any atom is -0.316 e. The van der Waals surface area contributed by atoms with Crippen molar-refractivity contribution in [3.8, 4) is 0 Å². The number of piperidine rings is 1. The van der Waals surface area contributed by atoms with Crippen molar-refractivity contribution in [2.75, 3.05) is 32.7 Å². The van der Waals surface area contributed by atoms with Crippen LogP contribution in [0.25, 0.3) is 0 Å². The minimum atomic E-state index is 0. The van der Waals surface area contributed by atoms with Crippen molar-refractivity contribution in [3.05, 3.63) is 0 Å². The molecule has 1 N–H and O–H groups in total. The second-order valence-electron chi connectivity index (χ2n) is 6.02. The van der Waals surface area contributed by atoms with E-state index in [0.717, 1.165) is 5.92 Å². The summed E-state index contributed by atoms with van der Waals surface area (Å²) in [6, 6.07) is 0. The summed E-state index contributed by atoms with van der Waals surface area (Å²) in [5.74, 6) is 1.06. The molecule has 0 aromatic carbocycles. The first-order valence-electron chi connectivity index (χ1n) is 6.79. The lowest BCUT2D eigenvalue weighted by molar-refractivity contribution is 0.0895. The van der Waals surface area contributed by atoms with Gasteiger partial charge in [0.05, 0.1) is 0 Å². The first-order valence-corrected chi connectivity index (χ1v) is 6.79. The van der Waals surface area contributed by atoms with Gasteiger partial charge in [-0.1, -0.05) is 6.42 Å². The van der Waals surface area contributed by atoms with Crippen LogP contribution in [0.2, 0.25) is 0 Å². The van der Waals surface area contributed by atoms with E-state index in [9.17, 15) is 0 Å². The predicted molar refractivity (Wildman–Crippen MR) is 70.2 cm³/mol. The van der Waals surface area contributed by atoms with Crippen molar-refractivity contribution < 1.29 is 0 Å². The molecule has 1 spiro atoms. The molecule has 1 aliphatic carbocycles. The summed E-state index contributed by atoms with van der Waals surface area (Å²) in [5, 5.41) is 3.54. The van der Waals surface area contributed by atoms with E-state index in [1.807, 2.05) is 0 Å². The summed E-state index contributed by atoms with van der Waals surface area (Å²) in [7, 11) is 0. The zero-order valence-corrected chi connectivity index (χ0v) is 11.0. The highest BCUT2D eigenvalue weighted by Gasteiger charge is 2.37. The average Bonchev–Trinajstić information content (AvgIpc) is 2.63. The quantitative estimate of drug-likeness (QED) is 0.802. The Hall–Kier alpha value is 0.210. The molecular formula is C13H25ClN2. The van der Waals surface area contributed by atoms with Crippen molar-refractivity contribution >= 4 is 12.4 Å². The largest absolute Gasteiger partial charge is 0.316 e. The zero-order chi connectivity index (χ0) is 10.1. The maximum absolute atomic E-state index is 3.54. The van der Waals surface area contributed by atoms with Crippen LogP contribution < -0.4 is 5.32 Å². The molecule has 3 aliphatic rings. The van der Waals surface area contributed by atoms with Gasteiger partial charge in [-0.15, -0.1) is 12.4 Å². The molecule has 94 valence electrons. The lowest BCUT2D eigenvalue weighted by Crippen LogP contribution is -2.43. The summed E-state index contributed by atoms with van der Waals surface area (Å²) >= 11 is 0. The van der Waals surface area contributed by atoms with E-state index in [2.05, 4.69) is 10.2 Å². The van der Waals surface area contributed by atoms with E-state index in [-0.39, 0.29) is 12.4 Å². The Morgan fingerprint density at radius 1 is 1.12 bits per heavy atom. The average molecular weight is 245 g/mol. The molecule has 0 aromatic rings. The molecule has 3 heteroatoms. The zero-order valence-electron chi connectivity index (χ0n) is 10.2. The predicted octanol–water partition coefficient (Wildman–Crippen LogP) is 2.28. The molecule has 2 heterocycles. The standard InChI is InChI=1S/C13H24N2.ClH/c1-2-12(3-1)10-15-8-5-13(6-9-15)4-7-14-11-13;/h12,14H,1-11H2;1H. The number of halogens is 1. The Balaban J connectivity index is 0.000000963. The van der Waals surface area contributed by atoms with Gasteiger partial charge in [-0.3, -0.25) is 0 Å². The van der Waals surface area contributed by atoms with Crippen molar-refractivity contribution in [2.45, 2.75) is 38.5 Å². The summed E-state index contributed by atoms with van der Waals surface area (Å²) < 4.78 is 0. The van der Waals surface area contributed by atoms with E-state index < -0.39 is 0 Å². The van der Waals surface area contributed by atoms with E-state index in [1.165, 1.54) is 71.2 Å². The van der Waals surface area contributed by atoms with Gasteiger partial charge in [-0.25, -0.2) is 0 Å². The number of hydrogen-bond acceptors (Lipinski definition) is 2. The summed E-state index contributed by atoms with van der Waals surface area (Å²) in [6.45, 7) is 6.72. The van der Waals surface area contributed by atoms with Crippen LogP contribution in [-0.4, -0.2) is 37.6 Å². The number of nitrogens with one attached hydrogen (secondary N) is 1. The molecule has 3 fully saturated rings. The van der Waals surface area contributed by atoms with Gasteiger partial charge >= 0.3 is 0 Å². The molecule has 2 aliphatic heterocycles. The Labute approximate surface area is 106 Å². The van der Waals surface area contributed by atoms with Crippen LogP contribution in [0.5, 0.6) is 0 Å². The highest BCUT2D eigenvalue weighted by atomic mass is 35.5. The first kappa shape index (κ1) is 12.7. The third-order valence-corrected chi connectivity index (χ3v) is 4.99. The van der Waals surface area contributed by atoms with Gasteiger partial charge in [-0.05, 0) is 63.1 Å². The topological polar surface area (TPSA) is 15.3 Å². The van der Waals surface area contributed by atoms with Crippen LogP contribution in [0, 0.1) is 11.3 Å². The van der Waals surface area contributed by atoms with Crippen molar-refractivity contribution in [1.82, 2.24) is 10.2 Å². The molecular weight excluding hydrogens is 220 g/mol. The fraction of sp³-hybridized carbons (Fsp3) is 1.00. The maximum atomic E-state index is 3.54. The molecule has 0 unspecified atom stereocenters. The normalized spacial score (nSPS) is 30.0. The van der Waals surface area contributed by atoms with Crippen LogP contribution in [0.1, 0.15) is 38.5 Å². The van der Waals surface area contributed by atoms with E-state index in [0.29, 0.717) is 5.41 Å². The van der Waals surface area contributed by atoms with E-state index in [4.69, 9.17) is 0 Å². The Kier molecular flexibility index (Phi) is 4.15. The van der Waals surface area contributed by atoms with Crippen LogP contribution in [-0.2, 0) is 0 Å². The van der Waals surface area contributed by atoms with Gasteiger partial charge in [0.25, 0.3) is 0 Å². The lowest BCUT2D eigenvalue weighted by atomic mass is 9.77. The van der Waals surface area contributed by atoms with E-state index >= 15 is 0 Å². The molecule has 16 heavy (non-hydrogen) atoms.